The van der Waals surface area contributed by atoms with Crippen LogP contribution in [0.5, 0.6) is 0 Å². The van der Waals surface area contributed by atoms with Gasteiger partial charge in [0, 0.05) is 49.7 Å². The zero-order valence-electron chi connectivity index (χ0n) is 12.7. The van der Waals surface area contributed by atoms with Crippen molar-refractivity contribution >= 4 is 22.0 Å². The minimum absolute atomic E-state index is 0.184. The van der Waals surface area contributed by atoms with Gasteiger partial charge in [0.25, 0.3) is 0 Å². The fourth-order valence-corrected chi connectivity index (χ4v) is 3.34. The zero-order chi connectivity index (χ0) is 17.3. The van der Waals surface area contributed by atoms with Crippen LogP contribution in [-0.2, 0) is 10.2 Å². The number of piperazine rings is 1. The van der Waals surface area contributed by atoms with Crippen LogP contribution >= 0.6 is 0 Å². The van der Waals surface area contributed by atoms with E-state index >= 15 is 0 Å². The van der Waals surface area contributed by atoms with Gasteiger partial charge in [0.1, 0.15) is 5.82 Å². The molecule has 24 heavy (non-hydrogen) atoms. The van der Waals surface area contributed by atoms with Gasteiger partial charge in [-0.05, 0) is 18.2 Å². The van der Waals surface area contributed by atoms with Gasteiger partial charge >= 0.3 is 10.2 Å². The van der Waals surface area contributed by atoms with Gasteiger partial charge in [-0.1, -0.05) is 0 Å². The Hall–Kier alpha value is -2.43. The quantitative estimate of drug-likeness (QED) is 0.676. The molecular weight excluding hydrogens is 334 g/mol. The smallest absolute Gasteiger partial charge is 0.302 e. The third-order valence-corrected chi connectivity index (χ3v) is 4.67. The normalized spacial score (nSPS) is 15.5. The highest BCUT2D eigenvalue weighted by atomic mass is 32.2. The summed E-state index contributed by atoms with van der Waals surface area (Å²) in [6, 6.07) is 4.82. The van der Waals surface area contributed by atoms with Crippen LogP contribution in [0, 0.1) is 0 Å². The molecule has 0 bridgehead atoms. The summed E-state index contributed by atoms with van der Waals surface area (Å²) in [5.74, 6) is -0.851. The lowest BCUT2D eigenvalue weighted by molar-refractivity contribution is -0.255. The van der Waals surface area contributed by atoms with Crippen molar-refractivity contribution in [3.63, 3.8) is 0 Å². The Kier molecular flexibility index (Phi) is 4.26. The summed E-state index contributed by atoms with van der Waals surface area (Å²) in [7, 11) is -4.23. The second-order valence-electron chi connectivity index (χ2n) is 5.35. The Morgan fingerprint density at radius 2 is 1.96 bits per heavy atom. The van der Waals surface area contributed by atoms with Crippen LogP contribution in [0.4, 0.5) is 5.82 Å². The molecule has 0 amide bonds. The topological polar surface area (TPSA) is 133 Å². The van der Waals surface area contributed by atoms with E-state index in [9.17, 15) is 18.3 Å². The van der Waals surface area contributed by atoms with Crippen molar-refractivity contribution in [2.45, 2.75) is 0 Å². The van der Waals surface area contributed by atoms with E-state index < -0.39 is 21.9 Å². The van der Waals surface area contributed by atoms with Crippen LogP contribution in [-0.4, -0.2) is 49.5 Å². The minimum atomic E-state index is -4.23. The number of nitrogens with zero attached hydrogens (tertiary/aromatic N) is 3. The molecule has 10 heteroatoms. The lowest BCUT2D eigenvalue weighted by atomic mass is 10.1. The van der Waals surface area contributed by atoms with E-state index in [1.807, 2.05) is 0 Å². The van der Waals surface area contributed by atoms with Gasteiger partial charge in [-0.25, -0.2) is 14.1 Å². The number of anilines is 1. The third-order valence-electron chi connectivity index (χ3n) is 3.82. The molecule has 0 saturated carbocycles. The maximum absolute atomic E-state index is 11.5. The second-order valence-corrected chi connectivity index (χ2v) is 6.77. The molecule has 0 atom stereocenters. The SMILES string of the molecule is NS(=O)(=O)n1ccc(-c2ccc(N3CCNCC3)nc2)c1C(=O)[O-]. The summed E-state index contributed by atoms with van der Waals surface area (Å²) in [5.41, 5.74) is 0.132. The predicted molar refractivity (Wildman–Crippen MR) is 85.6 cm³/mol. The summed E-state index contributed by atoms with van der Waals surface area (Å²) in [5, 5.41) is 19.6. The maximum Gasteiger partial charge on any atom is 0.302 e. The molecule has 9 nitrogen and oxygen atoms in total. The van der Waals surface area contributed by atoms with Crippen molar-refractivity contribution in [3.05, 3.63) is 36.3 Å². The summed E-state index contributed by atoms with van der Waals surface area (Å²) in [6.07, 6.45) is 2.59. The molecule has 0 radical (unpaired) electrons. The zero-order valence-corrected chi connectivity index (χ0v) is 13.5. The number of carboxylic acids is 1. The first-order valence-electron chi connectivity index (χ1n) is 7.26. The van der Waals surface area contributed by atoms with Gasteiger partial charge in [0.2, 0.25) is 0 Å². The van der Waals surface area contributed by atoms with Crippen LogP contribution in [0.2, 0.25) is 0 Å². The highest BCUT2D eigenvalue weighted by Gasteiger charge is 2.19. The minimum Gasteiger partial charge on any atom is -0.543 e. The van der Waals surface area contributed by atoms with Crippen LogP contribution in [0.3, 0.4) is 0 Å². The number of carbonyl (C=O) groups excluding carboxylic acids is 1. The number of aromatic nitrogens is 2. The molecule has 0 unspecified atom stereocenters. The molecule has 0 aromatic carbocycles. The maximum atomic E-state index is 11.5. The van der Waals surface area contributed by atoms with E-state index in [1.165, 1.54) is 12.3 Å². The van der Waals surface area contributed by atoms with E-state index in [0.29, 0.717) is 9.54 Å². The fraction of sp³-hybridized carbons (Fsp3) is 0.286. The van der Waals surface area contributed by atoms with Gasteiger partial charge in [0.15, 0.2) is 0 Å². The number of nitrogens with one attached hydrogen (secondary N) is 1. The van der Waals surface area contributed by atoms with Crippen molar-refractivity contribution in [1.29, 1.82) is 0 Å². The summed E-state index contributed by atoms with van der Waals surface area (Å²) < 4.78 is 23.5. The molecule has 128 valence electrons. The molecule has 1 fully saturated rings. The number of carbonyl (C=O) groups is 1. The first kappa shape index (κ1) is 16.4. The number of nitrogens with two attached hydrogens (primary N) is 1. The average molecular weight is 350 g/mol. The Morgan fingerprint density at radius 1 is 1.25 bits per heavy atom. The van der Waals surface area contributed by atoms with Crippen LogP contribution < -0.4 is 20.5 Å². The van der Waals surface area contributed by atoms with Crippen molar-refractivity contribution < 1.29 is 18.3 Å². The highest BCUT2D eigenvalue weighted by molar-refractivity contribution is 7.87. The summed E-state index contributed by atoms with van der Waals surface area (Å²) in [6.45, 7) is 3.40. The van der Waals surface area contributed by atoms with Crippen molar-refractivity contribution in [1.82, 2.24) is 14.3 Å². The Morgan fingerprint density at radius 3 is 2.50 bits per heavy atom. The van der Waals surface area contributed by atoms with Crippen molar-refractivity contribution in [2.24, 2.45) is 5.14 Å². The van der Waals surface area contributed by atoms with Gasteiger partial charge < -0.3 is 20.1 Å². The molecule has 3 heterocycles. The Bertz CT molecular complexity index is 854. The van der Waals surface area contributed by atoms with E-state index in [4.69, 9.17) is 5.14 Å². The lowest BCUT2D eigenvalue weighted by Gasteiger charge is -2.28. The lowest BCUT2D eigenvalue weighted by Crippen LogP contribution is -2.43. The number of pyridine rings is 1. The van der Waals surface area contributed by atoms with E-state index in [1.54, 1.807) is 12.1 Å². The molecule has 0 aliphatic carbocycles. The fourth-order valence-electron chi connectivity index (χ4n) is 2.69. The first-order chi connectivity index (χ1) is 11.4. The molecular formula is C14H16N5O4S-. The number of hydrogen-bond donors (Lipinski definition) is 2. The number of hydrogen-bond acceptors (Lipinski definition) is 7. The monoisotopic (exact) mass is 350 g/mol. The van der Waals surface area contributed by atoms with Crippen molar-refractivity contribution in [2.75, 3.05) is 31.1 Å². The average Bonchev–Trinajstić information content (AvgIpc) is 3.01. The molecule has 2 aromatic rings. The predicted octanol–water partition coefficient (Wildman–Crippen LogP) is -1.63. The molecule has 1 aliphatic rings. The standard InChI is InChI=1S/C14H17N5O4S/c15-24(22,23)19-6-3-11(13(19)14(20)21)10-1-2-12(17-9-10)18-7-4-16-5-8-18/h1-3,6,9,16H,4-5,7-8H2,(H,20,21)(H2,15,22,23)/p-1. The Labute approximate surface area is 138 Å². The summed E-state index contributed by atoms with van der Waals surface area (Å²) in [4.78, 5) is 17.8. The summed E-state index contributed by atoms with van der Waals surface area (Å²) >= 11 is 0. The molecule has 1 saturated heterocycles. The number of carboxylic acid groups (broad SMARTS) is 1. The van der Waals surface area contributed by atoms with Crippen LogP contribution in [0.15, 0.2) is 30.6 Å². The highest BCUT2D eigenvalue weighted by Crippen LogP contribution is 2.26. The molecule has 0 spiro atoms. The van der Waals surface area contributed by atoms with Gasteiger partial charge in [-0.15, -0.1) is 0 Å². The van der Waals surface area contributed by atoms with Crippen molar-refractivity contribution in [3.8, 4) is 11.1 Å². The van der Waals surface area contributed by atoms with Gasteiger partial charge in [0.05, 0.1) is 11.7 Å². The van der Waals surface area contributed by atoms with E-state index in [-0.39, 0.29) is 5.56 Å². The van der Waals surface area contributed by atoms with E-state index in [0.717, 1.165) is 38.2 Å². The molecule has 3 rings (SSSR count). The largest absolute Gasteiger partial charge is 0.543 e. The third kappa shape index (κ3) is 3.11. The number of rotatable bonds is 4. The first-order valence-corrected chi connectivity index (χ1v) is 8.76. The van der Waals surface area contributed by atoms with Gasteiger partial charge in [-0.2, -0.15) is 8.42 Å². The van der Waals surface area contributed by atoms with E-state index in [2.05, 4.69) is 15.2 Å². The molecule has 3 N–H and O–H groups in total. The molecule has 1 aliphatic heterocycles. The van der Waals surface area contributed by atoms with Crippen LogP contribution in [0.1, 0.15) is 10.5 Å². The molecule has 2 aromatic heterocycles. The Balaban J connectivity index is 1.97. The van der Waals surface area contributed by atoms with Gasteiger partial charge in [-0.3, -0.25) is 0 Å². The van der Waals surface area contributed by atoms with Crippen LogP contribution in [0.25, 0.3) is 11.1 Å². The number of aromatic carboxylic acids is 1. The second kappa shape index (κ2) is 6.23.